The fourth-order valence-electron chi connectivity index (χ4n) is 2.54. The second-order valence-corrected chi connectivity index (χ2v) is 4.98. The van der Waals surface area contributed by atoms with Gasteiger partial charge in [-0.1, -0.05) is 19.1 Å². The second kappa shape index (κ2) is 7.39. The highest BCUT2D eigenvalue weighted by Crippen LogP contribution is 2.35. The smallest absolute Gasteiger partial charge is 0.166 e. The molecular formula is C16H25NO2. The molecule has 2 rings (SSSR count). The molecule has 3 nitrogen and oxygen atoms in total. The molecule has 1 aromatic rings. The minimum atomic E-state index is 0.363. The molecule has 1 saturated carbocycles. The van der Waals surface area contributed by atoms with Crippen LogP contribution in [0.3, 0.4) is 0 Å². The third-order valence-electron chi connectivity index (χ3n) is 3.51. The molecule has 0 amide bonds. The van der Waals surface area contributed by atoms with Crippen molar-refractivity contribution in [2.75, 3.05) is 13.2 Å². The SMILES string of the molecule is CCNCc1cccc(OCC)c1OC1CCCC1. The summed E-state index contributed by atoms with van der Waals surface area (Å²) in [6.45, 7) is 6.59. The number of para-hydroxylation sites is 1. The minimum Gasteiger partial charge on any atom is -0.490 e. The average molecular weight is 263 g/mol. The van der Waals surface area contributed by atoms with Crippen LogP contribution in [0.2, 0.25) is 0 Å². The van der Waals surface area contributed by atoms with Crippen molar-refractivity contribution in [2.24, 2.45) is 0 Å². The Bertz CT molecular complexity index is 386. The van der Waals surface area contributed by atoms with E-state index in [0.29, 0.717) is 12.7 Å². The predicted molar refractivity (Wildman–Crippen MR) is 77.9 cm³/mol. The Kier molecular flexibility index (Phi) is 5.52. The van der Waals surface area contributed by atoms with Crippen molar-refractivity contribution in [1.29, 1.82) is 0 Å². The third-order valence-corrected chi connectivity index (χ3v) is 3.51. The van der Waals surface area contributed by atoms with Gasteiger partial charge in [0.25, 0.3) is 0 Å². The largest absolute Gasteiger partial charge is 0.490 e. The molecule has 0 radical (unpaired) electrons. The number of benzene rings is 1. The number of nitrogens with one attached hydrogen (secondary N) is 1. The van der Waals surface area contributed by atoms with Gasteiger partial charge in [0, 0.05) is 12.1 Å². The monoisotopic (exact) mass is 263 g/mol. The lowest BCUT2D eigenvalue weighted by molar-refractivity contribution is 0.194. The molecule has 1 N–H and O–H groups in total. The topological polar surface area (TPSA) is 30.5 Å². The maximum Gasteiger partial charge on any atom is 0.166 e. The summed E-state index contributed by atoms with van der Waals surface area (Å²) < 4.78 is 11.9. The Balaban J connectivity index is 2.17. The van der Waals surface area contributed by atoms with E-state index in [1.54, 1.807) is 0 Å². The molecule has 106 valence electrons. The Morgan fingerprint density at radius 1 is 1.21 bits per heavy atom. The van der Waals surface area contributed by atoms with Crippen LogP contribution in [0.4, 0.5) is 0 Å². The molecule has 1 aromatic carbocycles. The predicted octanol–water partition coefficient (Wildman–Crippen LogP) is 3.52. The van der Waals surface area contributed by atoms with Crippen LogP contribution in [0.1, 0.15) is 45.1 Å². The van der Waals surface area contributed by atoms with Crippen molar-refractivity contribution < 1.29 is 9.47 Å². The van der Waals surface area contributed by atoms with Crippen molar-refractivity contribution in [2.45, 2.75) is 52.2 Å². The summed E-state index contributed by atoms with van der Waals surface area (Å²) in [5.41, 5.74) is 1.19. The van der Waals surface area contributed by atoms with E-state index in [2.05, 4.69) is 18.3 Å². The van der Waals surface area contributed by atoms with Crippen LogP contribution in [0.15, 0.2) is 18.2 Å². The van der Waals surface area contributed by atoms with Gasteiger partial charge in [0.1, 0.15) is 0 Å². The molecule has 19 heavy (non-hydrogen) atoms. The molecular weight excluding hydrogens is 238 g/mol. The summed E-state index contributed by atoms with van der Waals surface area (Å²) in [6, 6.07) is 6.16. The van der Waals surface area contributed by atoms with Crippen molar-refractivity contribution in [3.63, 3.8) is 0 Å². The first-order chi connectivity index (χ1) is 9.35. The summed E-state index contributed by atoms with van der Waals surface area (Å²) in [6.07, 6.45) is 5.26. The van der Waals surface area contributed by atoms with Gasteiger partial charge in [-0.25, -0.2) is 0 Å². The zero-order valence-electron chi connectivity index (χ0n) is 12.1. The maximum absolute atomic E-state index is 6.22. The van der Waals surface area contributed by atoms with Gasteiger partial charge in [0.05, 0.1) is 12.7 Å². The van der Waals surface area contributed by atoms with Crippen molar-refractivity contribution in [3.05, 3.63) is 23.8 Å². The number of hydrogen-bond donors (Lipinski definition) is 1. The van der Waals surface area contributed by atoms with Crippen molar-refractivity contribution >= 4 is 0 Å². The fourth-order valence-corrected chi connectivity index (χ4v) is 2.54. The van der Waals surface area contributed by atoms with Gasteiger partial charge in [0.15, 0.2) is 11.5 Å². The molecule has 0 aliphatic heterocycles. The zero-order chi connectivity index (χ0) is 13.5. The highest BCUT2D eigenvalue weighted by molar-refractivity contribution is 5.46. The summed E-state index contributed by atoms with van der Waals surface area (Å²) >= 11 is 0. The van der Waals surface area contributed by atoms with Crippen LogP contribution < -0.4 is 14.8 Å². The highest BCUT2D eigenvalue weighted by Gasteiger charge is 2.20. The lowest BCUT2D eigenvalue weighted by Crippen LogP contribution is -2.17. The Morgan fingerprint density at radius 2 is 2.00 bits per heavy atom. The maximum atomic E-state index is 6.22. The summed E-state index contributed by atoms with van der Waals surface area (Å²) in [7, 11) is 0. The molecule has 0 saturated heterocycles. The number of ether oxygens (including phenoxy) is 2. The highest BCUT2D eigenvalue weighted by atomic mass is 16.5. The van der Waals surface area contributed by atoms with Gasteiger partial charge in [0.2, 0.25) is 0 Å². The van der Waals surface area contributed by atoms with E-state index in [-0.39, 0.29) is 0 Å². The van der Waals surface area contributed by atoms with Gasteiger partial charge in [-0.15, -0.1) is 0 Å². The lowest BCUT2D eigenvalue weighted by atomic mass is 10.1. The molecule has 0 heterocycles. The molecule has 1 aliphatic carbocycles. The lowest BCUT2D eigenvalue weighted by Gasteiger charge is -2.20. The van der Waals surface area contributed by atoms with E-state index in [4.69, 9.17) is 9.47 Å². The Hall–Kier alpha value is -1.22. The second-order valence-electron chi connectivity index (χ2n) is 4.98. The van der Waals surface area contributed by atoms with Gasteiger partial charge >= 0.3 is 0 Å². The molecule has 0 atom stereocenters. The van der Waals surface area contributed by atoms with Gasteiger partial charge in [-0.2, -0.15) is 0 Å². The molecule has 0 unspecified atom stereocenters. The first kappa shape index (κ1) is 14.2. The van der Waals surface area contributed by atoms with Crippen LogP contribution in [-0.4, -0.2) is 19.3 Å². The Morgan fingerprint density at radius 3 is 2.68 bits per heavy atom. The molecule has 0 bridgehead atoms. The molecule has 3 heteroatoms. The number of hydrogen-bond acceptors (Lipinski definition) is 3. The van der Waals surface area contributed by atoms with Crippen LogP contribution in [0, 0.1) is 0 Å². The minimum absolute atomic E-state index is 0.363. The van der Waals surface area contributed by atoms with E-state index in [1.807, 2.05) is 19.1 Å². The van der Waals surface area contributed by atoms with E-state index >= 15 is 0 Å². The fraction of sp³-hybridized carbons (Fsp3) is 0.625. The van der Waals surface area contributed by atoms with E-state index in [1.165, 1.54) is 31.2 Å². The third kappa shape index (κ3) is 3.87. The van der Waals surface area contributed by atoms with E-state index < -0.39 is 0 Å². The first-order valence-corrected chi connectivity index (χ1v) is 7.47. The van der Waals surface area contributed by atoms with Crippen LogP contribution in [0.25, 0.3) is 0 Å². The summed E-state index contributed by atoms with van der Waals surface area (Å²) in [5, 5.41) is 3.36. The quantitative estimate of drug-likeness (QED) is 0.816. The first-order valence-electron chi connectivity index (χ1n) is 7.47. The normalized spacial score (nSPS) is 15.7. The van der Waals surface area contributed by atoms with Gasteiger partial charge in [-0.05, 0) is 45.2 Å². The Labute approximate surface area is 116 Å². The molecule has 1 fully saturated rings. The molecule has 1 aliphatic rings. The van der Waals surface area contributed by atoms with Crippen LogP contribution in [0.5, 0.6) is 11.5 Å². The van der Waals surface area contributed by atoms with Gasteiger partial charge in [-0.3, -0.25) is 0 Å². The number of rotatable bonds is 7. The van der Waals surface area contributed by atoms with E-state index in [9.17, 15) is 0 Å². The van der Waals surface area contributed by atoms with E-state index in [0.717, 1.165) is 24.6 Å². The molecule has 0 spiro atoms. The van der Waals surface area contributed by atoms with Crippen LogP contribution in [-0.2, 0) is 6.54 Å². The van der Waals surface area contributed by atoms with Gasteiger partial charge < -0.3 is 14.8 Å². The zero-order valence-corrected chi connectivity index (χ0v) is 12.1. The average Bonchev–Trinajstić information content (AvgIpc) is 2.92. The van der Waals surface area contributed by atoms with Crippen molar-refractivity contribution in [1.82, 2.24) is 5.32 Å². The van der Waals surface area contributed by atoms with Crippen LogP contribution >= 0.6 is 0 Å². The van der Waals surface area contributed by atoms with Crippen molar-refractivity contribution in [3.8, 4) is 11.5 Å². The standard InChI is InChI=1S/C16H25NO2/c1-3-17-12-13-8-7-11-15(18-4-2)16(13)19-14-9-5-6-10-14/h7-8,11,14,17H,3-6,9-10,12H2,1-2H3. The molecule has 0 aromatic heterocycles. The summed E-state index contributed by atoms with van der Waals surface area (Å²) in [4.78, 5) is 0. The summed E-state index contributed by atoms with van der Waals surface area (Å²) in [5.74, 6) is 1.82.